The molecule has 0 aromatic rings. The highest BCUT2D eigenvalue weighted by Gasteiger charge is 2.40. The molecule has 3 nitrogen and oxygen atoms in total. The van der Waals surface area contributed by atoms with Crippen molar-refractivity contribution in [3.8, 4) is 17.9 Å². The van der Waals surface area contributed by atoms with Gasteiger partial charge in [0.1, 0.15) is 24.4 Å². The van der Waals surface area contributed by atoms with E-state index in [2.05, 4.69) is 18.8 Å². The maximum atomic E-state index is 13.6. The lowest BCUT2D eigenvalue weighted by Crippen LogP contribution is -2.39. The Bertz CT molecular complexity index is 486. The second-order valence-corrected chi connectivity index (χ2v) is 6.41. The van der Waals surface area contributed by atoms with Crippen molar-refractivity contribution >= 4 is 5.97 Å². The monoisotopic (exact) mass is 339 g/mol. The first-order chi connectivity index (χ1) is 11.5. The Labute approximate surface area is 143 Å². The molecule has 0 amide bonds. The van der Waals surface area contributed by atoms with Gasteiger partial charge in [0, 0.05) is 24.7 Å². The summed E-state index contributed by atoms with van der Waals surface area (Å²) in [5.41, 5.74) is 0. The van der Waals surface area contributed by atoms with Crippen LogP contribution in [0.2, 0.25) is 0 Å². The largest absolute Gasteiger partial charge is 0.453 e. The SMILES string of the molecule is CC.CC1CCC(C#CC(=O)OC2CC(F)C(C#N)C(F)C2)CC1. The molecule has 0 aromatic carbocycles. The van der Waals surface area contributed by atoms with Gasteiger partial charge < -0.3 is 4.74 Å². The smallest absolute Gasteiger partial charge is 0.384 e. The molecule has 5 heteroatoms. The molecule has 0 aromatic heterocycles. The average Bonchev–Trinajstić information content (AvgIpc) is 2.56. The number of esters is 1. The molecule has 0 aliphatic heterocycles. The summed E-state index contributed by atoms with van der Waals surface area (Å²) in [7, 11) is 0. The number of rotatable bonds is 1. The Morgan fingerprint density at radius 1 is 1.08 bits per heavy atom. The normalized spacial score (nSPS) is 35.3. The number of ether oxygens (including phenoxy) is 1. The van der Waals surface area contributed by atoms with Gasteiger partial charge in [-0.2, -0.15) is 5.26 Å². The minimum Gasteiger partial charge on any atom is -0.453 e. The van der Waals surface area contributed by atoms with E-state index in [1.165, 1.54) is 0 Å². The van der Waals surface area contributed by atoms with Gasteiger partial charge in [0.2, 0.25) is 0 Å². The van der Waals surface area contributed by atoms with Gasteiger partial charge in [0.15, 0.2) is 0 Å². The molecule has 0 N–H and O–H groups in total. The van der Waals surface area contributed by atoms with Crippen molar-refractivity contribution in [2.24, 2.45) is 17.8 Å². The van der Waals surface area contributed by atoms with E-state index in [1.54, 1.807) is 6.07 Å². The lowest BCUT2D eigenvalue weighted by Gasteiger charge is -2.29. The molecule has 0 radical (unpaired) electrons. The van der Waals surface area contributed by atoms with Crippen molar-refractivity contribution < 1.29 is 18.3 Å². The third-order valence-corrected chi connectivity index (χ3v) is 4.57. The molecule has 2 saturated carbocycles. The summed E-state index contributed by atoms with van der Waals surface area (Å²) in [5, 5.41) is 8.69. The first-order valence-electron chi connectivity index (χ1n) is 8.89. The third kappa shape index (κ3) is 6.11. The first kappa shape index (κ1) is 20.4. The van der Waals surface area contributed by atoms with Gasteiger partial charge in [-0.1, -0.05) is 26.7 Å². The molecular weight excluding hydrogens is 312 g/mol. The van der Waals surface area contributed by atoms with Crippen molar-refractivity contribution in [1.29, 1.82) is 5.26 Å². The molecule has 24 heavy (non-hydrogen) atoms. The summed E-state index contributed by atoms with van der Waals surface area (Å²) in [4.78, 5) is 11.7. The molecule has 134 valence electrons. The fourth-order valence-corrected chi connectivity index (χ4v) is 3.12. The van der Waals surface area contributed by atoms with Crippen LogP contribution in [0.25, 0.3) is 0 Å². The number of halogens is 2. The van der Waals surface area contributed by atoms with Crippen LogP contribution < -0.4 is 0 Å². The Hall–Kier alpha value is -1.62. The summed E-state index contributed by atoms with van der Waals surface area (Å²) in [6, 6.07) is 1.63. The van der Waals surface area contributed by atoms with Crippen LogP contribution in [0.5, 0.6) is 0 Å². The molecule has 2 aliphatic rings. The van der Waals surface area contributed by atoms with E-state index in [0.29, 0.717) is 5.92 Å². The van der Waals surface area contributed by atoms with Crippen molar-refractivity contribution in [2.75, 3.05) is 0 Å². The third-order valence-electron chi connectivity index (χ3n) is 4.57. The van der Waals surface area contributed by atoms with Gasteiger partial charge in [0.05, 0.1) is 6.07 Å². The topological polar surface area (TPSA) is 50.1 Å². The van der Waals surface area contributed by atoms with E-state index in [1.807, 2.05) is 13.8 Å². The number of carbonyl (C=O) groups excluding carboxylic acids is 1. The molecule has 2 fully saturated rings. The highest BCUT2D eigenvalue weighted by atomic mass is 19.1. The zero-order valence-electron chi connectivity index (χ0n) is 14.7. The minimum absolute atomic E-state index is 0.132. The summed E-state index contributed by atoms with van der Waals surface area (Å²) in [6.45, 7) is 6.20. The zero-order valence-corrected chi connectivity index (χ0v) is 14.7. The fraction of sp³-hybridized carbons (Fsp3) is 0.789. The Morgan fingerprint density at radius 2 is 1.62 bits per heavy atom. The van der Waals surface area contributed by atoms with Crippen LogP contribution in [0.3, 0.4) is 0 Å². The number of hydrogen-bond acceptors (Lipinski definition) is 3. The summed E-state index contributed by atoms with van der Waals surface area (Å²) < 4.78 is 32.3. The van der Waals surface area contributed by atoms with Gasteiger partial charge in [-0.05, 0) is 31.6 Å². The van der Waals surface area contributed by atoms with Crippen LogP contribution >= 0.6 is 0 Å². The van der Waals surface area contributed by atoms with E-state index >= 15 is 0 Å². The van der Waals surface area contributed by atoms with E-state index in [4.69, 9.17) is 10.00 Å². The van der Waals surface area contributed by atoms with Crippen LogP contribution in [0.4, 0.5) is 8.78 Å². The van der Waals surface area contributed by atoms with Gasteiger partial charge in [-0.3, -0.25) is 0 Å². The van der Waals surface area contributed by atoms with Gasteiger partial charge in [-0.15, -0.1) is 0 Å². The van der Waals surface area contributed by atoms with Crippen LogP contribution in [0.1, 0.15) is 59.3 Å². The first-order valence-corrected chi connectivity index (χ1v) is 8.89. The molecule has 2 atom stereocenters. The quantitative estimate of drug-likeness (QED) is 0.405. The van der Waals surface area contributed by atoms with Crippen molar-refractivity contribution in [2.45, 2.75) is 77.7 Å². The molecule has 2 rings (SSSR count). The van der Waals surface area contributed by atoms with Gasteiger partial charge in [0.25, 0.3) is 0 Å². The van der Waals surface area contributed by atoms with E-state index < -0.39 is 30.3 Å². The molecule has 0 bridgehead atoms. The predicted octanol–water partition coefficient (Wildman–Crippen LogP) is 4.36. The standard InChI is InChI=1S/C17H21F2NO2.C2H6/c1-11-2-4-12(5-3-11)6-7-17(21)22-13-8-15(18)14(10-20)16(19)9-13;1-2/h11-16H,2-5,8-9H2,1H3;1-2H3. The van der Waals surface area contributed by atoms with Gasteiger partial charge in [-0.25, -0.2) is 13.6 Å². The zero-order chi connectivity index (χ0) is 18.1. The number of nitrogens with zero attached hydrogens (tertiary/aromatic N) is 1. The van der Waals surface area contributed by atoms with Crippen molar-refractivity contribution in [1.82, 2.24) is 0 Å². The maximum Gasteiger partial charge on any atom is 0.384 e. The number of hydrogen-bond donors (Lipinski definition) is 0. The number of alkyl halides is 2. The van der Waals surface area contributed by atoms with Crippen LogP contribution in [-0.4, -0.2) is 24.4 Å². The maximum absolute atomic E-state index is 13.6. The second kappa shape index (κ2) is 10.3. The number of carbonyl (C=O) groups is 1. The molecule has 0 spiro atoms. The van der Waals surface area contributed by atoms with Crippen LogP contribution in [-0.2, 0) is 9.53 Å². The summed E-state index contributed by atoms with van der Waals surface area (Å²) >= 11 is 0. The van der Waals surface area contributed by atoms with E-state index in [9.17, 15) is 13.6 Å². The molecular formula is C19H27F2NO2. The Balaban J connectivity index is 0.00000139. The fourth-order valence-electron chi connectivity index (χ4n) is 3.12. The average molecular weight is 339 g/mol. The highest BCUT2D eigenvalue weighted by molar-refractivity contribution is 5.88. The molecule has 0 heterocycles. The van der Waals surface area contributed by atoms with Crippen molar-refractivity contribution in [3.63, 3.8) is 0 Å². The molecule has 2 aliphatic carbocycles. The highest BCUT2D eigenvalue weighted by Crippen LogP contribution is 2.31. The van der Waals surface area contributed by atoms with Crippen LogP contribution in [0.15, 0.2) is 0 Å². The lowest BCUT2D eigenvalue weighted by molar-refractivity contribution is -0.146. The Kier molecular flexibility index (Phi) is 8.76. The lowest BCUT2D eigenvalue weighted by atomic mass is 9.83. The van der Waals surface area contributed by atoms with Crippen molar-refractivity contribution in [3.05, 3.63) is 0 Å². The van der Waals surface area contributed by atoms with Gasteiger partial charge >= 0.3 is 5.97 Å². The van der Waals surface area contributed by atoms with E-state index in [0.717, 1.165) is 25.7 Å². The molecule has 2 unspecified atom stereocenters. The van der Waals surface area contributed by atoms with Crippen LogP contribution in [0, 0.1) is 40.9 Å². The van der Waals surface area contributed by atoms with E-state index in [-0.39, 0.29) is 18.8 Å². The minimum atomic E-state index is -1.60. The number of nitriles is 1. The summed E-state index contributed by atoms with van der Waals surface area (Å²) in [5.74, 6) is 4.30. The second-order valence-electron chi connectivity index (χ2n) is 6.41. The Morgan fingerprint density at radius 3 is 2.12 bits per heavy atom. The summed E-state index contributed by atoms with van der Waals surface area (Å²) in [6.07, 6.45) is -0.109. The predicted molar refractivity (Wildman–Crippen MR) is 88.3 cm³/mol. The molecule has 0 saturated heterocycles.